The first kappa shape index (κ1) is 17.0. The average Bonchev–Trinajstić information content (AvgIpc) is 2.63. The average molecular weight is 282 g/mol. The predicted octanol–water partition coefficient (Wildman–Crippen LogP) is 1.87. The van der Waals surface area contributed by atoms with Crippen molar-refractivity contribution in [3.8, 4) is 0 Å². The third-order valence-electron chi connectivity index (χ3n) is 3.54. The largest absolute Gasteiger partial charge is 0.377 e. The summed E-state index contributed by atoms with van der Waals surface area (Å²) in [6.45, 7) is 9.86. The van der Waals surface area contributed by atoms with Crippen molar-refractivity contribution < 1.29 is 4.74 Å². The first-order chi connectivity index (χ1) is 9.36. The van der Waals surface area contributed by atoms with Crippen molar-refractivity contribution in [1.82, 2.24) is 9.78 Å². The Morgan fingerprint density at radius 2 is 2.05 bits per heavy atom. The van der Waals surface area contributed by atoms with Gasteiger partial charge in [-0.3, -0.25) is 4.68 Å². The van der Waals surface area contributed by atoms with Crippen molar-refractivity contribution in [2.45, 2.75) is 52.7 Å². The summed E-state index contributed by atoms with van der Waals surface area (Å²) in [5.74, 6) is 1.15. The molecule has 0 aliphatic heterocycles. The van der Waals surface area contributed by atoms with Crippen molar-refractivity contribution >= 4 is 5.82 Å². The van der Waals surface area contributed by atoms with Crippen LogP contribution >= 0.6 is 0 Å². The van der Waals surface area contributed by atoms with Crippen LogP contribution in [-0.2, 0) is 18.2 Å². The first-order valence-corrected chi connectivity index (χ1v) is 7.47. The van der Waals surface area contributed by atoms with Gasteiger partial charge in [0.15, 0.2) is 0 Å². The Labute approximate surface area is 123 Å². The number of nitrogens with two attached hydrogens (primary N) is 1. The minimum Gasteiger partial charge on any atom is -0.377 e. The second-order valence-electron chi connectivity index (χ2n) is 5.72. The molecule has 0 aromatic carbocycles. The summed E-state index contributed by atoms with van der Waals surface area (Å²) in [4.78, 5) is 2.21. The van der Waals surface area contributed by atoms with E-state index in [-0.39, 0.29) is 12.1 Å². The van der Waals surface area contributed by atoms with Crippen LogP contribution in [0.3, 0.4) is 0 Å². The van der Waals surface area contributed by atoms with Crippen LogP contribution in [0, 0.1) is 6.92 Å². The maximum absolute atomic E-state index is 6.11. The summed E-state index contributed by atoms with van der Waals surface area (Å²) >= 11 is 0. The van der Waals surface area contributed by atoms with E-state index < -0.39 is 0 Å². The molecule has 5 nitrogen and oxygen atoms in total. The standard InChI is InChI=1S/C15H30N4O/c1-7-13(16)10-14-12(4)17-19(6)15(14)18(5)8-9-20-11(2)3/h11,13H,7-10,16H2,1-6H3. The molecule has 0 aliphatic carbocycles. The third kappa shape index (κ3) is 4.49. The fourth-order valence-corrected chi connectivity index (χ4v) is 2.34. The van der Waals surface area contributed by atoms with Gasteiger partial charge in [-0.15, -0.1) is 0 Å². The molecular weight excluding hydrogens is 252 g/mol. The summed E-state index contributed by atoms with van der Waals surface area (Å²) in [6.07, 6.45) is 2.12. The highest BCUT2D eigenvalue weighted by atomic mass is 16.5. The van der Waals surface area contributed by atoms with Crippen LogP contribution in [0.2, 0.25) is 0 Å². The van der Waals surface area contributed by atoms with E-state index in [0.717, 1.165) is 37.5 Å². The summed E-state index contributed by atoms with van der Waals surface area (Å²) in [5, 5.41) is 4.54. The molecular formula is C15H30N4O. The van der Waals surface area contributed by atoms with E-state index in [2.05, 4.69) is 44.7 Å². The first-order valence-electron chi connectivity index (χ1n) is 7.47. The molecule has 0 bridgehead atoms. The second-order valence-corrected chi connectivity index (χ2v) is 5.72. The van der Waals surface area contributed by atoms with Gasteiger partial charge in [-0.1, -0.05) is 6.92 Å². The molecule has 1 heterocycles. The molecule has 5 heteroatoms. The normalized spacial score (nSPS) is 13.0. The highest BCUT2D eigenvalue weighted by Crippen LogP contribution is 2.23. The van der Waals surface area contributed by atoms with Gasteiger partial charge in [0, 0.05) is 32.2 Å². The predicted molar refractivity (Wildman–Crippen MR) is 84.3 cm³/mol. The lowest BCUT2D eigenvalue weighted by molar-refractivity contribution is 0.0844. The quantitative estimate of drug-likeness (QED) is 0.791. The van der Waals surface area contributed by atoms with E-state index >= 15 is 0 Å². The number of aryl methyl sites for hydroxylation is 2. The number of hydrogen-bond donors (Lipinski definition) is 1. The van der Waals surface area contributed by atoms with Gasteiger partial charge in [0.2, 0.25) is 0 Å². The molecule has 1 aromatic rings. The zero-order chi connectivity index (χ0) is 15.3. The van der Waals surface area contributed by atoms with Crippen molar-refractivity contribution in [3.05, 3.63) is 11.3 Å². The molecule has 2 N–H and O–H groups in total. The van der Waals surface area contributed by atoms with Crippen LogP contribution in [0.5, 0.6) is 0 Å². The maximum Gasteiger partial charge on any atom is 0.129 e. The molecule has 1 aromatic heterocycles. The number of rotatable bonds is 8. The Hall–Kier alpha value is -1.07. The van der Waals surface area contributed by atoms with Crippen molar-refractivity contribution in [2.75, 3.05) is 25.1 Å². The lowest BCUT2D eigenvalue weighted by Crippen LogP contribution is -2.28. The van der Waals surface area contributed by atoms with E-state index in [1.807, 2.05) is 11.7 Å². The number of aromatic nitrogens is 2. The molecule has 0 spiro atoms. The van der Waals surface area contributed by atoms with Gasteiger partial charge in [-0.25, -0.2) is 0 Å². The van der Waals surface area contributed by atoms with Crippen molar-refractivity contribution in [1.29, 1.82) is 0 Å². The summed E-state index contributed by atoms with van der Waals surface area (Å²) < 4.78 is 7.57. The Balaban J connectivity index is 2.81. The lowest BCUT2D eigenvalue weighted by Gasteiger charge is -2.22. The molecule has 0 saturated heterocycles. The van der Waals surface area contributed by atoms with Crippen molar-refractivity contribution in [3.63, 3.8) is 0 Å². The fourth-order valence-electron chi connectivity index (χ4n) is 2.34. The Morgan fingerprint density at radius 3 is 2.60 bits per heavy atom. The zero-order valence-electron chi connectivity index (χ0n) is 13.8. The number of nitrogens with zero attached hydrogens (tertiary/aromatic N) is 3. The summed E-state index contributed by atoms with van der Waals surface area (Å²) in [6, 6.07) is 0.192. The van der Waals surface area contributed by atoms with Crippen LogP contribution in [-0.4, -0.2) is 42.1 Å². The van der Waals surface area contributed by atoms with Gasteiger partial charge in [0.05, 0.1) is 18.4 Å². The summed E-state index contributed by atoms with van der Waals surface area (Å²) in [5.41, 5.74) is 8.44. The van der Waals surface area contributed by atoms with Gasteiger partial charge in [0.1, 0.15) is 5.82 Å². The minimum absolute atomic E-state index is 0.192. The lowest BCUT2D eigenvalue weighted by atomic mass is 10.0. The molecule has 1 atom stereocenters. The van der Waals surface area contributed by atoms with Crippen LogP contribution in [0.15, 0.2) is 0 Å². The van der Waals surface area contributed by atoms with E-state index in [9.17, 15) is 0 Å². The van der Waals surface area contributed by atoms with Crippen LogP contribution in [0.25, 0.3) is 0 Å². The molecule has 0 amide bonds. The number of anilines is 1. The highest BCUT2D eigenvalue weighted by Gasteiger charge is 2.18. The van der Waals surface area contributed by atoms with E-state index in [1.165, 1.54) is 5.56 Å². The smallest absolute Gasteiger partial charge is 0.129 e. The Bertz CT molecular complexity index is 414. The topological polar surface area (TPSA) is 56.3 Å². The van der Waals surface area contributed by atoms with E-state index in [0.29, 0.717) is 0 Å². The van der Waals surface area contributed by atoms with Crippen LogP contribution < -0.4 is 10.6 Å². The van der Waals surface area contributed by atoms with Gasteiger partial charge in [-0.05, 0) is 33.6 Å². The summed E-state index contributed by atoms with van der Waals surface area (Å²) in [7, 11) is 4.07. The van der Waals surface area contributed by atoms with Crippen LogP contribution in [0.4, 0.5) is 5.82 Å². The van der Waals surface area contributed by atoms with E-state index in [1.54, 1.807) is 0 Å². The fraction of sp³-hybridized carbons (Fsp3) is 0.800. The van der Waals surface area contributed by atoms with Gasteiger partial charge >= 0.3 is 0 Å². The molecule has 1 rings (SSSR count). The zero-order valence-corrected chi connectivity index (χ0v) is 13.8. The molecule has 0 radical (unpaired) electrons. The Kier molecular flexibility index (Phi) is 6.49. The SMILES string of the molecule is CCC(N)Cc1c(C)nn(C)c1N(C)CCOC(C)C. The molecule has 0 aliphatic rings. The maximum atomic E-state index is 6.11. The van der Waals surface area contributed by atoms with E-state index in [4.69, 9.17) is 10.5 Å². The highest BCUT2D eigenvalue weighted by molar-refractivity contribution is 5.50. The minimum atomic E-state index is 0.192. The number of ether oxygens (including phenoxy) is 1. The second kappa shape index (κ2) is 7.64. The van der Waals surface area contributed by atoms with Crippen molar-refractivity contribution in [2.24, 2.45) is 12.8 Å². The number of hydrogen-bond acceptors (Lipinski definition) is 4. The molecule has 20 heavy (non-hydrogen) atoms. The monoisotopic (exact) mass is 282 g/mol. The van der Waals surface area contributed by atoms with Gasteiger partial charge in [0.25, 0.3) is 0 Å². The number of likely N-dealkylation sites (N-methyl/N-ethyl adjacent to an activating group) is 1. The molecule has 1 unspecified atom stereocenters. The molecule has 0 saturated carbocycles. The van der Waals surface area contributed by atoms with Gasteiger partial charge < -0.3 is 15.4 Å². The Morgan fingerprint density at radius 1 is 1.40 bits per heavy atom. The molecule has 0 fully saturated rings. The molecule has 116 valence electrons. The van der Waals surface area contributed by atoms with Gasteiger partial charge in [-0.2, -0.15) is 5.10 Å². The van der Waals surface area contributed by atoms with Crippen LogP contribution in [0.1, 0.15) is 38.4 Å². The third-order valence-corrected chi connectivity index (χ3v) is 3.54.